The van der Waals surface area contributed by atoms with E-state index in [1.807, 2.05) is 11.3 Å². The Balaban J connectivity index is 1.15. The standard InChI is InChI=1S/C54H36N2SSi/c1-3-19-39(20-4-1)58(40-21-5-2-6-22-40,41-23-15-17-37(33-41)55-49-29-11-7-25-43(49)44-26-8-12-30-50(44)55)42-24-16-18-38(34-42)56-51-31-13-9-27-45(51)47-35-48-46-28-10-14-32-53(46)57-54(48)36-52(47)56/h1-36H. The number of hydrogen-bond acceptors (Lipinski definition) is 1. The minimum absolute atomic E-state index is 1.17. The average molecular weight is 773 g/mol. The van der Waals surface area contributed by atoms with Gasteiger partial charge in [0.25, 0.3) is 0 Å². The lowest BCUT2D eigenvalue weighted by molar-refractivity contribution is 1.18. The molecule has 0 fully saturated rings. The van der Waals surface area contributed by atoms with Crippen molar-refractivity contribution in [2.45, 2.75) is 0 Å². The fourth-order valence-electron chi connectivity index (χ4n) is 9.80. The van der Waals surface area contributed by atoms with Crippen LogP contribution in [-0.2, 0) is 0 Å². The fraction of sp³-hybridized carbons (Fsp3) is 0. The maximum Gasteiger partial charge on any atom is 0.179 e. The van der Waals surface area contributed by atoms with Gasteiger partial charge < -0.3 is 9.13 Å². The maximum absolute atomic E-state index is 2.95. The first kappa shape index (κ1) is 33.2. The average Bonchev–Trinajstić information content (AvgIpc) is 3.94. The summed E-state index contributed by atoms with van der Waals surface area (Å²) in [4.78, 5) is 0. The third kappa shape index (κ3) is 4.83. The molecule has 0 unspecified atom stereocenters. The third-order valence-electron chi connectivity index (χ3n) is 12.2. The second-order valence-corrected chi connectivity index (χ2v) is 20.2. The molecule has 12 rings (SSSR count). The Morgan fingerprint density at radius 2 is 0.707 bits per heavy atom. The lowest BCUT2D eigenvalue weighted by Gasteiger charge is -2.35. The van der Waals surface area contributed by atoms with Gasteiger partial charge in [-0.2, -0.15) is 0 Å². The quantitative estimate of drug-likeness (QED) is 0.118. The highest BCUT2D eigenvalue weighted by atomic mass is 32.1. The van der Waals surface area contributed by atoms with Crippen molar-refractivity contribution in [3.05, 3.63) is 218 Å². The van der Waals surface area contributed by atoms with Gasteiger partial charge in [0.05, 0.1) is 22.1 Å². The predicted molar refractivity (Wildman–Crippen MR) is 252 cm³/mol. The van der Waals surface area contributed by atoms with Crippen LogP contribution < -0.4 is 20.7 Å². The fourth-order valence-corrected chi connectivity index (χ4v) is 15.7. The van der Waals surface area contributed by atoms with Crippen LogP contribution in [0, 0.1) is 0 Å². The molecule has 272 valence electrons. The minimum atomic E-state index is -2.95. The summed E-state index contributed by atoms with van der Waals surface area (Å²) in [5.41, 5.74) is 7.23. The molecule has 2 nitrogen and oxygen atoms in total. The normalized spacial score (nSPS) is 12.1. The first-order valence-electron chi connectivity index (χ1n) is 19.9. The molecule has 0 aliphatic carbocycles. The SMILES string of the molecule is c1ccc([Si](c2ccccc2)(c2cccc(-n3c4ccccc4c4ccccc43)c2)c2cccc(-n3c4ccccc4c4cc5c(cc43)sc3ccccc35)c2)cc1. The van der Waals surface area contributed by atoms with E-state index in [4.69, 9.17) is 0 Å². The van der Waals surface area contributed by atoms with Crippen molar-refractivity contribution in [2.24, 2.45) is 0 Å². The highest BCUT2D eigenvalue weighted by Gasteiger charge is 2.42. The van der Waals surface area contributed by atoms with Crippen LogP contribution in [0.3, 0.4) is 0 Å². The van der Waals surface area contributed by atoms with Gasteiger partial charge in [-0.3, -0.25) is 0 Å². The van der Waals surface area contributed by atoms with Gasteiger partial charge in [0.15, 0.2) is 8.07 Å². The molecule has 0 saturated heterocycles. The van der Waals surface area contributed by atoms with Crippen molar-refractivity contribution in [1.82, 2.24) is 9.13 Å². The van der Waals surface area contributed by atoms with E-state index in [1.165, 1.54) is 95.9 Å². The van der Waals surface area contributed by atoms with E-state index >= 15 is 0 Å². The van der Waals surface area contributed by atoms with E-state index in [-0.39, 0.29) is 0 Å². The lowest BCUT2D eigenvalue weighted by Crippen LogP contribution is -2.74. The van der Waals surface area contributed by atoms with E-state index in [0.29, 0.717) is 0 Å². The van der Waals surface area contributed by atoms with Gasteiger partial charge >= 0.3 is 0 Å². The summed E-state index contributed by atoms with van der Waals surface area (Å²) in [7, 11) is -2.95. The van der Waals surface area contributed by atoms with Crippen LogP contribution in [0.2, 0.25) is 0 Å². The van der Waals surface area contributed by atoms with Crippen molar-refractivity contribution in [3.8, 4) is 11.4 Å². The van der Waals surface area contributed by atoms with Gasteiger partial charge in [0.2, 0.25) is 0 Å². The topological polar surface area (TPSA) is 9.86 Å². The van der Waals surface area contributed by atoms with Crippen molar-refractivity contribution >= 4 is 104 Å². The van der Waals surface area contributed by atoms with Gasteiger partial charge in [-0.1, -0.05) is 158 Å². The molecule has 58 heavy (non-hydrogen) atoms. The molecule has 0 N–H and O–H groups in total. The minimum Gasteiger partial charge on any atom is -0.309 e. The van der Waals surface area contributed by atoms with E-state index in [0.717, 1.165) is 0 Å². The van der Waals surface area contributed by atoms with Crippen molar-refractivity contribution in [1.29, 1.82) is 0 Å². The van der Waals surface area contributed by atoms with Gasteiger partial charge in [-0.05, 0) is 81.4 Å². The Morgan fingerprint density at radius 3 is 1.26 bits per heavy atom. The van der Waals surface area contributed by atoms with Crippen LogP contribution in [0.4, 0.5) is 0 Å². The van der Waals surface area contributed by atoms with Crippen molar-refractivity contribution in [3.63, 3.8) is 0 Å². The van der Waals surface area contributed by atoms with E-state index < -0.39 is 8.07 Å². The van der Waals surface area contributed by atoms with Gasteiger partial charge in [-0.15, -0.1) is 11.3 Å². The molecule has 12 aromatic rings. The number of thiophene rings is 1. The zero-order valence-electron chi connectivity index (χ0n) is 31.6. The van der Waals surface area contributed by atoms with Gasteiger partial charge in [0.1, 0.15) is 0 Å². The number of fused-ring (bicyclic) bond motifs is 9. The summed E-state index contributed by atoms with van der Waals surface area (Å²) in [6.07, 6.45) is 0. The van der Waals surface area contributed by atoms with E-state index in [9.17, 15) is 0 Å². The number of hydrogen-bond donors (Lipinski definition) is 0. The van der Waals surface area contributed by atoms with Crippen LogP contribution in [0.1, 0.15) is 0 Å². The van der Waals surface area contributed by atoms with E-state index in [1.54, 1.807) is 0 Å². The Labute approximate surface area is 341 Å². The molecule has 0 radical (unpaired) electrons. The van der Waals surface area contributed by atoms with Crippen LogP contribution in [0.25, 0.3) is 75.2 Å². The lowest BCUT2D eigenvalue weighted by atomic mass is 10.1. The molecule has 0 atom stereocenters. The van der Waals surface area contributed by atoms with Crippen LogP contribution in [-0.4, -0.2) is 17.2 Å². The maximum atomic E-state index is 2.50. The summed E-state index contributed by atoms with van der Waals surface area (Å²) in [6.45, 7) is 0. The summed E-state index contributed by atoms with van der Waals surface area (Å²) >= 11 is 1.88. The largest absolute Gasteiger partial charge is 0.309 e. The molecule has 9 aromatic carbocycles. The van der Waals surface area contributed by atoms with Crippen molar-refractivity contribution in [2.75, 3.05) is 0 Å². The molecule has 0 saturated carbocycles. The summed E-state index contributed by atoms with van der Waals surface area (Å²) < 4.78 is 7.59. The Hall–Kier alpha value is -6.98. The van der Waals surface area contributed by atoms with Gasteiger partial charge in [0, 0.05) is 53.1 Å². The van der Waals surface area contributed by atoms with E-state index in [2.05, 4.69) is 228 Å². The second-order valence-electron chi connectivity index (χ2n) is 15.3. The number of benzene rings is 9. The molecular formula is C54H36N2SSi. The number of nitrogens with zero attached hydrogens (tertiary/aromatic N) is 2. The first-order valence-corrected chi connectivity index (χ1v) is 22.7. The highest BCUT2D eigenvalue weighted by molar-refractivity contribution is 7.26. The summed E-state index contributed by atoms with van der Waals surface area (Å²) in [5.74, 6) is 0. The molecule has 0 aliphatic rings. The molecule has 0 amide bonds. The number of para-hydroxylation sites is 3. The van der Waals surface area contributed by atoms with Gasteiger partial charge in [-0.25, -0.2) is 0 Å². The van der Waals surface area contributed by atoms with Crippen LogP contribution >= 0.6 is 11.3 Å². The summed E-state index contributed by atoms with van der Waals surface area (Å²) in [5, 5.41) is 13.1. The molecule has 4 heteroatoms. The molecule has 3 heterocycles. The molecule has 0 spiro atoms. The Kier molecular flexibility index (Phi) is 7.46. The molecular weight excluding hydrogens is 737 g/mol. The molecule has 3 aromatic heterocycles. The molecule has 0 bridgehead atoms. The summed E-state index contributed by atoms with van der Waals surface area (Å²) in [6, 6.07) is 81.6. The smallest absolute Gasteiger partial charge is 0.179 e. The number of rotatable bonds is 6. The Morgan fingerprint density at radius 1 is 0.276 bits per heavy atom. The van der Waals surface area contributed by atoms with Crippen LogP contribution in [0.15, 0.2) is 218 Å². The zero-order valence-corrected chi connectivity index (χ0v) is 33.4. The highest BCUT2D eigenvalue weighted by Crippen LogP contribution is 2.40. The zero-order chi connectivity index (χ0) is 38.2. The Bertz CT molecular complexity index is 3430. The van der Waals surface area contributed by atoms with Crippen LogP contribution in [0.5, 0.6) is 0 Å². The predicted octanol–water partition coefficient (Wildman–Crippen LogP) is 11.6. The monoisotopic (exact) mass is 772 g/mol. The number of aromatic nitrogens is 2. The van der Waals surface area contributed by atoms with Crippen molar-refractivity contribution < 1.29 is 0 Å². The first-order chi connectivity index (χ1) is 28.8. The second kappa shape index (κ2) is 13.0. The molecule has 0 aliphatic heterocycles. The third-order valence-corrected chi connectivity index (χ3v) is 18.1.